The zero-order chi connectivity index (χ0) is 15.1. The van der Waals surface area contributed by atoms with Gasteiger partial charge >= 0.3 is 0 Å². The lowest BCUT2D eigenvalue weighted by Gasteiger charge is -2.16. The molecule has 0 atom stereocenters. The third-order valence-electron chi connectivity index (χ3n) is 3.05. The normalized spacial score (nSPS) is 14.9. The molecule has 0 aliphatic heterocycles. The molecular weight excluding hydrogens is 308 g/mol. The lowest BCUT2D eigenvalue weighted by molar-refractivity contribution is -0.385. The first-order valence-corrected chi connectivity index (χ1v) is 8.02. The Morgan fingerprint density at radius 2 is 2.00 bits per heavy atom. The molecule has 2 rings (SSSR count). The van der Waals surface area contributed by atoms with E-state index in [1.54, 1.807) is 7.05 Å². The van der Waals surface area contributed by atoms with E-state index in [0.29, 0.717) is 0 Å². The molecule has 1 aromatic carbocycles. The molecule has 20 heavy (non-hydrogen) atoms. The van der Waals surface area contributed by atoms with Crippen LogP contribution < -0.4 is 0 Å². The fourth-order valence-corrected chi connectivity index (χ4v) is 2.58. The molecule has 1 fully saturated rings. The van der Waals surface area contributed by atoms with E-state index < -0.39 is 30.5 Å². The van der Waals surface area contributed by atoms with Crippen LogP contribution in [-0.4, -0.2) is 37.2 Å². The number of carbonyl (C=O) groups excluding carboxylic acids is 1. The van der Waals surface area contributed by atoms with Crippen LogP contribution in [-0.2, 0) is 9.05 Å². The predicted octanol–water partition coefficient (Wildman–Crippen LogP) is 1.76. The smallest absolute Gasteiger partial charge is 0.271 e. The Labute approximate surface area is 119 Å². The van der Waals surface area contributed by atoms with Crippen LogP contribution in [0.4, 0.5) is 5.69 Å². The second-order valence-corrected chi connectivity index (χ2v) is 7.12. The number of benzene rings is 1. The molecule has 0 saturated heterocycles. The molecular formula is C11H11ClN2O5S. The molecule has 0 unspecified atom stereocenters. The number of carbonyl (C=O) groups is 1. The van der Waals surface area contributed by atoms with Crippen LogP contribution in [0.1, 0.15) is 23.2 Å². The van der Waals surface area contributed by atoms with Crippen molar-refractivity contribution in [1.82, 2.24) is 4.90 Å². The summed E-state index contributed by atoms with van der Waals surface area (Å²) in [6.45, 7) is 0. The van der Waals surface area contributed by atoms with E-state index in [4.69, 9.17) is 10.7 Å². The van der Waals surface area contributed by atoms with E-state index in [2.05, 4.69) is 0 Å². The minimum Gasteiger partial charge on any atom is -0.339 e. The van der Waals surface area contributed by atoms with E-state index >= 15 is 0 Å². The lowest BCUT2D eigenvalue weighted by atomic mass is 10.2. The SMILES string of the molecule is CN(C(=O)c1cc([N+](=O)[O-])cc(S(=O)(=O)Cl)c1)C1CC1. The first-order valence-electron chi connectivity index (χ1n) is 5.71. The van der Waals surface area contributed by atoms with Crippen molar-refractivity contribution < 1.29 is 18.1 Å². The number of nitrogens with zero attached hydrogens (tertiary/aromatic N) is 2. The summed E-state index contributed by atoms with van der Waals surface area (Å²) in [5, 5.41) is 10.8. The van der Waals surface area contributed by atoms with Crippen molar-refractivity contribution in [3.8, 4) is 0 Å². The van der Waals surface area contributed by atoms with Crippen molar-refractivity contribution in [1.29, 1.82) is 0 Å². The van der Waals surface area contributed by atoms with Gasteiger partial charge in [0.05, 0.1) is 9.82 Å². The van der Waals surface area contributed by atoms with Crippen molar-refractivity contribution in [2.75, 3.05) is 7.05 Å². The molecule has 7 nitrogen and oxygen atoms in total. The van der Waals surface area contributed by atoms with Gasteiger partial charge in [-0.15, -0.1) is 0 Å². The number of rotatable bonds is 4. The minimum atomic E-state index is -4.15. The summed E-state index contributed by atoms with van der Waals surface area (Å²) < 4.78 is 22.6. The van der Waals surface area contributed by atoms with Crippen LogP contribution in [0.25, 0.3) is 0 Å². The number of amides is 1. The number of hydrogen-bond acceptors (Lipinski definition) is 5. The first kappa shape index (κ1) is 14.7. The topological polar surface area (TPSA) is 97.6 Å². The van der Waals surface area contributed by atoms with Gasteiger partial charge in [0.15, 0.2) is 0 Å². The maximum Gasteiger partial charge on any atom is 0.271 e. The molecule has 1 aliphatic rings. The highest BCUT2D eigenvalue weighted by Crippen LogP contribution is 2.29. The maximum absolute atomic E-state index is 12.1. The van der Waals surface area contributed by atoms with Crippen LogP contribution in [0, 0.1) is 10.1 Å². The van der Waals surface area contributed by atoms with Crippen LogP contribution in [0.2, 0.25) is 0 Å². The zero-order valence-electron chi connectivity index (χ0n) is 10.4. The van der Waals surface area contributed by atoms with Gasteiger partial charge in [-0.2, -0.15) is 0 Å². The molecule has 9 heteroatoms. The van der Waals surface area contributed by atoms with Gasteiger partial charge < -0.3 is 4.90 Å². The van der Waals surface area contributed by atoms with Crippen molar-refractivity contribution in [3.05, 3.63) is 33.9 Å². The average molecular weight is 319 g/mol. The quantitative estimate of drug-likeness (QED) is 0.478. The second-order valence-electron chi connectivity index (χ2n) is 4.56. The van der Waals surface area contributed by atoms with E-state index in [-0.39, 0.29) is 11.6 Å². The summed E-state index contributed by atoms with van der Waals surface area (Å²) in [6.07, 6.45) is 1.75. The second kappa shape index (κ2) is 5.02. The summed E-state index contributed by atoms with van der Waals surface area (Å²) in [4.78, 5) is 23.2. The molecule has 0 N–H and O–H groups in total. The zero-order valence-corrected chi connectivity index (χ0v) is 12.0. The van der Waals surface area contributed by atoms with Gasteiger partial charge in [0.1, 0.15) is 0 Å². The highest BCUT2D eigenvalue weighted by atomic mass is 35.7. The highest BCUT2D eigenvalue weighted by molar-refractivity contribution is 8.13. The average Bonchev–Trinajstić information content (AvgIpc) is 3.19. The molecule has 0 bridgehead atoms. The Morgan fingerprint density at radius 3 is 2.45 bits per heavy atom. The third-order valence-corrected chi connectivity index (χ3v) is 4.38. The Hall–Kier alpha value is -1.67. The predicted molar refractivity (Wildman–Crippen MR) is 71.3 cm³/mol. The van der Waals surface area contributed by atoms with Gasteiger partial charge in [-0.1, -0.05) is 0 Å². The van der Waals surface area contributed by atoms with E-state index in [1.807, 2.05) is 0 Å². The van der Waals surface area contributed by atoms with Crippen molar-refractivity contribution >= 4 is 31.3 Å². The van der Waals surface area contributed by atoms with E-state index in [1.165, 1.54) is 4.90 Å². The summed E-state index contributed by atoms with van der Waals surface area (Å²) in [7, 11) is 2.62. The van der Waals surface area contributed by atoms with Crippen LogP contribution in [0.3, 0.4) is 0 Å². The third kappa shape index (κ3) is 3.07. The fraction of sp³-hybridized carbons (Fsp3) is 0.364. The summed E-state index contributed by atoms with van der Waals surface area (Å²) in [5.74, 6) is -0.460. The standard InChI is InChI=1S/C11H11ClN2O5S/c1-13(8-2-3-8)11(15)7-4-9(14(16)17)6-10(5-7)20(12,18)19/h4-6,8H,2-3H2,1H3. The Bertz CT molecular complexity index is 684. The van der Waals surface area contributed by atoms with Crippen LogP contribution >= 0.6 is 10.7 Å². The first-order chi connectivity index (χ1) is 9.20. The van der Waals surface area contributed by atoms with Gasteiger partial charge in [-0.3, -0.25) is 14.9 Å². The highest BCUT2D eigenvalue weighted by Gasteiger charge is 2.31. The Balaban J connectivity index is 2.49. The van der Waals surface area contributed by atoms with Gasteiger partial charge in [0.25, 0.3) is 20.6 Å². The molecule has 0 heterocycles. The molecule has 0 spiro atoms. The Kier molecular flexibility index (Phi) is 3.70. The van der Waals surface area contributed by atoms with Gasteiger partial charge in [-0.25, -0.2) is 8.42 Å². The molecule has 108 valence electrons. The Morgan fingerprint density at radius 1 is 1.40 bits per heavy atom. The van der Waals surface area contributed by atoms with Crippen LogP contribution in [0.15, 0.2) is 23.1 Å². The molecule has 1 saturated carbocycles. The van der Waals surface area contributed by atoms with E-state index in [0.717, 1.165) is 31.0 Å². The largest absolute Gasteiger partial charge is 0.339 e. The van der Waals surface area contributed by atoms with Crippen molar-refractivity contribution in [3.63, 3.8) is 0 Å². The lowest BCUT2D eigenvalue weighted by Crippen LogP contribution is -2.28. The number of nitro benzene ring substituents is 1. The number of halogens is 1. The molecule has 0 radical (unpaired) electrons. The maximum atomic E-state index is 12.1. The van der Waals surface area contributed by atoms with Gasteiger partial charge in [-0.05, 0) is 18.9 Å². The number of hydrogen-bond donors (Lipinski definition) is 0. The summed E-state index contributed by atoms with van der Waals surface area (Å²) >= 11 is 0. The molecule has 1 amide bonds. The van der Waals surface area contributed by atoms with Crippen molar-refractivity contribution in [2.24, 2.45) is 0 Å². The van der Waals surface area contributed by atoms with Crippen molar-refractivity contribution in [2.45, 2.75) is 23.8 Å². The monoisotopic (exact) mass is 318 g/mol. The van der Waals surface area contributed by atoms with Gasteiger partial charge in [0, 0.05) is 41.5 Å². The van der Waals surface area contributed by atoms with Gasteiger partial charge in [0.2, 0.25) is 0 Å². The molecule has 0 aromatic heterocycles. The summed E-state index contributed by atoms with van der Waals surface area (Å²) in [5.41, 5.74) is -0.549. The van der Waals surface area contributed by atoms with E-state index in [9.17, 15) is 23.3 Å². The fourth-order valence-electron chi connectivity index (χ4n) is 1.78. The molecule has 1 aliphatic carbocycles. The summed E-state index contributed by atoms with van der Waals surface area (Å²) in [6, 6.07) is 3.04. The number of nitro groups is 1. The van der Waals surface area contributed by atoms with Crippen LogP contribution in [0.5, 0.6) is 0 Å². The number of non-ortho nitro benzene ring substituents is 1. The minimum absolute atomic E-state index is 0.0622. The molecule has 1 aromatic rings.